The summed E-state index contributed by atoms with van der Waals surface area (Å²) in [7, 11) is 1.65. The number of amides is 1. The molecule has 2 bridgehead atoms. The van der Waals surface area contributed by atoms with Gasteiger partial charge in [-0.2, -0.15) is 10.4 Å². The van der Waals surface area contributed by atoms with Crippen molar-refractivity contribution in [1.82, 2.24) is 19.7 Å². The van der Waals surface area contributed by atoms with Gasteiger partial charge >= 0.3 is 0 Å². The molecule has 11 heteroatoms. The Bertz CT molecular complexity index is 1440. The SMILES string of the molecule is C[C@H]1Oc2nc(cnc2N)-c2c(nn(C)c2C#N)CC2=NC(C)(C)C(=O)N2c2ccc(F)cc21. The number of nitrogens with zero attached hydrogens (tertiary/aromatic N) is 7. The van der Waals surface area contributed by atoms with Gasteiger partial charge in [-0.1, -0.05) is 0 Å². The summed E-state index contributed by atoms with van der Waals surface area (Å²) >= 11 is 0. The zero-order chi connectivity index (χ0) is 24.4. The standard InChI is InChI=1S/C23H21FN8O2/c1-11-13-7-12(24)5-6-16(13)32-18(29-23(2,3)22(32)33)8-14-19(17(9-25)31(4)30-14)15-10-27-20(26)21(28-15)34-11/h5-7,10-11H,8H2,1-4H3,(H2,26,27)/t11-/m1/s1. The van der Waals surface area contributed by atoms with Crippen molar-refractivity contribution >= 4 is 23.2 Å². The van der Waals surface area contributed by atoms with Crippen LogP contribution in [0.1, 0.15) is 43.8 Å². The van der Waals surface area contributed by atoms with Crippen molar-refractivity contribution in [1.29, 1.82) is 5.26 Å². The van der Waals surface area contributed by atoms with Crippen LogP contribution >= 0.6 is 0 Å². The summed E-state index contributed by atoms with van der Waals surface area (Å²) in [5.74, 6) is -0.264. The molecule has 1 atom stereocenters. The zero-order valence-electron chi connectivity index (χ0n) is 19.0. The Balaban J connectivity index is 1.82. The number of nitriles is 1. The van der Waals surface area contributed by atoms with Gasteiger partial charge in [0.25, 0.3) is 11.8 Å². The molecule has 2 aliphatic heterocycles. The van der Waals surface area contributed by atoms with Crippen LogP contribution in [-0.2, 0) is 18.3 Å². The van der Waals surface area contributed by atoms with Gasteiger partial charge < -0.3 is 10.5 Å². The fraction of sp³-hybridized carbons (Fsp3) is 0.304. The molecule has 3 aromatic rings. The number of nitrogens with two attached hydrogens (primary N) is 1. The van der Waals surface area contributed by atoms with Crippen LogP contribution in [0.3, 0.4) is 0 Å². The number of halogens is 1. The Morgan fingerprint density at radius 1 is 1.35 bits per heavy atom. The lowest BCUT2D eigenvalue weighted by Crippen LogP contribution is -2.40. The average molecular weight is 460 g/mol. The minimum absolute atomic E-state index is 0.0291. The molecule has 0 spiro atoms. The van der Waals surface area contributed by atoms with E-state index in [0.717, 1.165) is 0 Å². The van der Waals surface area contributed by atoms with E-state index in [2.05, 4.69) is 26.1 Å². The predicted octanol–water partition coefficient (Wildman–Crippen LogP) is 2.69. The number of anilines is 2. The molecule has 2 N–H and O–H groups in total. The number of aromatic nitrogens is 4. The van der Waals surface area contributed by atoms with Gasteiger partial charge in [-0.25, -0.2) is 14.4 Å². The molecular weight excluding hydrogens is 439 g/mol. The zero-order valence-corrected chi connectivity index (χ0v) is 19.0. The number of aryl methyl sites for hydroxylation is 1. The molecule has 2 aromatic heterocycles. The van der Waals surface area contributed by atoms with Gasteiger partial charge in [0.05, 0.1) is 35.3 Å². The van der Waals surface area contributed by atoms with E-state index in [9.17, 15) is 14.4 Å². The van der Waals surface area contributed by atoms with Crippen LogP contribution < -0.4 is 15.4 Å². The maximum absolute atomic E-state index is 14.3. The molecule has 0 unspecified atom stereocenters. The van der Waals surface area contributed by atoms with E-state index in [1.807, 2.05) is 0 Å². The second kappa shape index (κ2) is 7.34. The molecule has 10 nitrogen and oxygen atoms in total. The number of rotatable bonds is 0. The molecule has 2 aliphatic rings. The van der Waals surface area contributed by atoms with Crippen molar-refractivity contribution in [2.45, 2.75) is 38.8 Å². The third kappa shape index (κ3) is 3.18. The van der Waals surface area contributed by atoms with Gasteiger partial charge in [-0.05, 0) is 39.0 Å². The first-order valence-electron chi connectivity index (χ1n) is 10.6. The molecule has 0 saturated carbocycles. The number of ether oxygens (including phenoxy) is 1. The van der Waals surface area contributed by atoms with Crippen LogP contribution in [0.15, 0.2) is 29.4 Å². The largest absolute Gasteiger partial charge is 0.467 e. The first kappa shape index (κ1) is 21.5. The maximum atomic E-state index is 14.3. The van der Waals surface area contributed by atoms with E-state index < -0.39 is 17.5 Å². The first-order chi connectivity index (χ1) is 16.1. The van der Waals surface area contributed by atoms with Crippen LogP contribution in [-0.4, -0.2) is 37.0 Å². The Morgan fingerprint density at radius 2 is 2.12 bits per heavy atom. The fourth-order valence-electron chi connectivity index (χ4n) is 4.30. The molecule has 0 fully saturated rings. The van der Waals surface area contributed by atoms with Crippen molar-refractivity contribution in [2.75, 3.05) is 10.6 Å². The molecule has 34 heavy (non-hydrogen) atoms. The summed E-state index contributed by atoms with van der Waals surface area (Å²) in [5.41, 5.74) is 7.38. The van der Waals surface area contributed by atoms with Crippen molar-refractivity contribution in [2.24, 2.45) is 12.0 Å². The lowest BCUT2D eigenvalue weighted by Gasteiger charge is -2.26. The summed E-state index contributed by atoms with van der Waals surface area (Å²) in [6.45, 7) is 5.13. The molecule has 1 aromatic carbocycles. The van der Waals surface area contributed by atoms with Gasteiger partial charge in [0, 0.05) is 12.6 Å². The summed E-state index contributed by atoms with van der Waals surface area (Å²) in [4.78, 5) is 28.3. The molecule has 4 heterocycles. The number of benzene rings is 1. The smallest absolute Gasteiger partial charge is 0.259 e. The van der Waals surface area contributed by atoms with Gasteiger partial charge in [-0.3, -0.25) is 19.4 Å². The van der Waals surface area contributed by atoms with E-state index in [0.29, 0.717) is 34.0 Å². The number of nitrogen functional groups attached to an aromatic ring is 1. The maximum Gasteiger partial charge on any atom is 0.259 e. The monoisotopic (exact) mass is 460 g/mol. The Kier molecular flexibility index (Phi) is 4.65. The number of carbonyl (C=O) groups is 1. The normalized spacial score (nSPS) is 18.5. The minimum Gasteiger partial charge on any atom is -0.467 e. The van der Waals surface area contributed by atoms with Gasteiger partial charge in [-0.15, -0.1) is 0 Å². The highest BCUT2D eigenvalue weighted by Crippen LogP contribution is 2.38. The van der Waals surface area contributed by atoms with Crippen molar-refractivity contribution < 1.29 is 13.9 Å². The molecule has 0 saturated heterocycles. The fourth-order valence-corrected chi connectivity index (χ4v) is 4.30. The first-order valence-corrected chi connectivity index (χ1v) is 10.6. The molecule has 1 amide bonds. The van der Waals surface area contributed by atoms with Crippen LogP contribution in [0, 0.1) is 17.1 Å². The number of aliphatic imine (C=N–C) groups is 1. The van der Waals surface area contributed by atoms with Crippen LogP contribution in [0.5, 0.6) is 5.88 Å². The Labute approximate surface area is 194 Å². The summed E-state index contributed by atoms with van der Waals surface area (Å²) in [5, 5.41) is 14.3. The van der Waals surface area contributed by atoms with Gasteiger partial charge in [0.2, 0.25) is 0 Å². The number of fused-ring (bicyclic) bond motifs is 7. The lowest BCUT2D eigenvalue weighted by atomic mass is 10.0. The second-order valence-electron chi connectivity index (χ2n) is 8.72. The minimum atomic E-state index is -1.04. The van der Waals surface area contributed by atoms with E-state index in [-0.39, 0.29) is 29.7 Å². The summed E-state index contributed by atoms with van der Waals surface area (Å²) in [6.07, 6.45) is 0.836. The number of carbonyl (C=O) groups excluding carboxylic acids is 1. The van der Waals surface area contributed by atoms with Crippen molar-refractivity contribution in [3.63, 3.8) is 0 Å². The van der Waals surface area contributed by atoms with Crippen LogP contribution in [0.4, 0.5) is 15.9 Å². The predicted molar refractivity (Wildman–Crippen MR) is 122 cm³/mol. The Morgan fingerprint density at radius 3 is 2.85 bits per heavy atom. The second-order valence-corrected chi connectivity index (χ2v) is 8.72. The van der Waals surface area contributed by atoms with Gasteiger partial charge in [0.15, 0.2) is 5.82 Å². The van der Waals surface area contributed by atoms with Crippen LogP contribution in [0.2, 0.25) is 0 Å². The third-order valence-corrected chi connectivity index (χ3v) is 5.92. The van der Waals surface area contributed by atoms with Crippen molar-refractivity contribution in [3.05, 3.63) is 47.2 Å². The quantitative estimate of drug-likeness (QED) is 0.545. The summed E-state index contributed by atoms with van der Waals surface area (Å²) in [6, 6.07) is 6.27. The number of hydrogen-bond acceptors (Lipinski definition) is 8. The molecule has 5 rings (SSSR count). The van der Waals surface area contributed by atoms with E-state index in [1.54, 1.807) is 27.8 Å². The number of hydrogen-bond donors (Lipinski definition) is 1. The average Bonchev–Trinajstić information content (AvgIpc) is 3.20. The van der Waals surface area contributed by atoms with E-state index in [1.165, 1.54) is 34.0 Å². The van der Waals surface area contributed by atoms with Gasteiger partial charge in [0.1, 0.15) is 35.1 Å². The van der Waals surface area contributed by atoms with E-state index in [4.69, 9.17) is 10.5 Å². The summed E-state index contributed by atoms with van der Waals surface area (Å²) < 4.78 is 21.8. The molecule has 0 radical (unpaired) electrons. The topological polar surface area (TPSA) is 135 Å². The van der Waals surface area contributed by atoms with E-state index >= 15 is 0 Å². The highest BCUT2D eigenvalue weighted by atomic mass is 19.1. The molecule has 172 valence electrons. The molecule has 0 aliphatic carbocycles. The highest BCUT2D eigenvalue weighted by Gasteiger charge is 2.43. The van der Waals surface area contributed by atoms with Crippen molar-refractivity contribution in [3.8, 4) is 23.2 Å². The third-order valence-electron chi connectivity index (χ3n) is 5.92. The van der Waals surface area contributed by atoms with Crippen LogP contribution in [0.25, 0.3) is 11.3 Å². The Hall–Kier alpha value is -4.33. The highest BCUT2D eigenvalue weighted by molar-refractivity contribution is 6.25. The lowest BCUT2D eigenvalue weighted by molar-refractivity contribution is -0.120. The molecular formula is C23H21FN8O2. The number of amidine groups is 1.